The quantitative estimate of drug-likeness (QED) is 0.643. The SMILES string of the molecule is COC1C=CC(CCC(N)=O)(OC)O1. The highest BCUT2D eigenvalue weighted by atomic mass is 16.8. The third kappa shape index (κ3) is 2.54. The van der Waals surface area contributed by atoms with E-state index in [4.69, 9.17) is 19.9 Å². The molecule has 2 atom stereocenters. The fourth-order valence-corrected chi connectivity index (χ4v) is 1.28. The van der Waals surface area contributed by atoms with Gasteiger partial charge in [0.2, 0.25) is 5.91 Å². The molecule has 80 valence electrons. The number of nitrogens with two attached hydrogens (primary N) is 1. The van der Waals surface area contributed by atoms with Crippen molar-refractivity contribution in [3.05, 3.63) is 12.2 Å². The van der Waals surface area contributed by atoms with Crippen LogP contribution in [-0.2, 0) is 19.0 Å². The van der Waals surface area contributed by atoms with E-state index in [2.05, 4.69) is 0 Å². The highest BCUT2D eigenvalue weighted by Crippen LogP contribution is 2.29. The maximum atomic E-state index is 10.6. The van der Waals surface area contributed by atoms with E-state index in [9.17, 15) is 4.79 Å². The number of rotatable bonds is 5. The Hall–Kier alpha value is -0.910. The van der Waals surface area contributed by atoms with Crippen molar-refractivity contribution in [3.8, 4) is 0 Å². The molecule has 0 aromatic rings. The largest absolute Gasteiger partial charge is 0.370 e. The Bertz CT molecular complexity index is 241. The smallest absolute Gasteiger partial charge is 0.217 e. The van der Waals surface area contributed by atoms with Crippen LogP contribution >= 0.6 is 0 Å². The lowest BCUT2D eigenvalue weighted by atomic mass is 10.1. The number of hydrogen-bond acceptors (Lipinski definition) is 4. The number of amides is 1. The molecule has 5 nitrogen and oxygen atoms in total. The van der Waals surface area contributed by atoms with Gasteiger partial charge in [-0.1, -0.05) is 0 Å². The third-order valence-corrected chi connectivity index (χ3v) is 2.12. The number of primary amides is 1. The molecule has 0 saturated heterocycles. The van der Waals surface area contributed by atoms with Crippen molar-refractivity contribution < 1.29 is 19.0 Å². The summed E-state index contributed by atoms with van der Waals surface area (Å²) in [6.07, 6.45) is 3.68. The summed E-state index contributed by atoms with van der Waals surface area (Å²) in [5.74, 6) is -1.24. The van der Waals surface area contributed by atoms with Crippen LogP contribution < -0.4 is 5.73 Å². The predicted octanol–water partition coefficient (Wildman–Crippen LogP) is 0.154. The lowest BCUT2D eigenvalue weighted by Gasteiger charge is -2.26. The molecule has 0 aromatic carbocycles. The first-order chi connectivity index (χ1) is 6.62. The van der Waals surface area contributed by atoms with Gasteiger partial charge in [0, 0.05) is 27.1 Å². The number of ether oxygens (including phenoxy) is 3. The molecule has 0 aliphatic carbocycles. The molecule has 0 bridgehead atoms. The number of methoxy groups -OCH3 is 2. The van der Waals surface area contributed by atoms with Crippen LogP contribution in [0, 0.1) is 0 Å². The average molecular weight is 201 g/mol. The summed E-state index contributed by atoms with van der Waals surface area (Å²) < 4.78 is 15.6. The molecule has 0 fully saturated rings. The molecule has 0 aromatic heterocycles. The van der Waals surface area contributed by atoms with Gasteiger partial charge >= 0.3 is 0 Å². The first-order valence-corrected chi connectivity index (χ1v) is 4.35. The van der Waals surface area contributed by atoms with Gasteiger partial charge in [-0.05, 0) is 12.2 Å². The third-order valence-electron chi connectivity index (χ3n) is 2.12. The van der Waals surface area contributed by atoms with E-state index < -0.39 is 12.1 Å². The van der Waals surface area contributed by atoms with Crippen molar-refractivity contribution in [3.63, 3.8) is 0 Å². The summed E-state index contributed by atoms with van der Waals surface area (Å²) in [6, 6.07) is 0. The van der Waals surface area contributed by atoms with Crippen LogP contribution in [0.2, 0.25) is 0 Å². The van der Waals surface area contributed by atoms with E-state index in [1.165, 1.54) is 14.2 Å². The van der Waals surface area contributed by atoms with Crippen LogP contribution in [0.1, 0.15) is 12.8 Å². The number of carbonyl (C=O) groups excluding carboxylic acids is 1. The van der Waals surface area contributed by atoms with Gasteiger partial charge in [0.1, 0.15) is 0 Å². The van der Waals surface area contributed by atoms with E-state index in [-0.39, 0.29) is 12.3 Å². The van der Waals surface area contributed by atoms with Crippen LogP contribution in [0.3, 0.4) is 0 Å². The van der Waals surface area contributed by atoms with Crippen LogP contribution in [0.5, 0.6) is 0 Å². The Kier molecular flexibility index (Phi) is 3.62. The van der Waals surface area contributed by atoms with Gasteiger partial charge in [0.25, 0.3) is 0 Å². The van der Waals surface area contributed by atoms with Crippen molar-refractivity contribution in [2.45, 2.75) is 24.9 Å². The summed E-state index contributed by atoms with van der Waals surface area (Å²) in [5.41, 5.74) is 5.05. The first kappa shape index (κ1) is 11.2. The highest BCUT2D eigenvalue weighted by Gasteiger charge is 2.35. The zero-order valence-corrected chi connectivity index (χ0v) is 8.36. The molecule has 1 aliphatic rings. The van der Waals surface area contributed by atoms with Crippen molar-refractivity contribution in [1.82, 2.24) is 0 Å². The minimum absolute atomic E-state index is 0.217. The molecule has 0 radical (unpaired) electrons. The second kappa shape index (κ2) is 4.54. The molecule has 0 saturated carbocycles. The van der Waals surface area contributed by atoms with Crippen LogP contribution in [-0.4, -0.2) is 32.2 Å². The molecule has 1 rings (SSSR count). The zero-order chi connectivity index (χ0) is 10.6. The van der Waals surface area contributed by atoms with Gasteiger partial charge in [0.15, 0.2) is 12.1 Å². The minimum atomic E-state index is -0.865. The second-order valence-corrected chi connectivity index (χ2v) is 3.06. The lowest BCUT2D eigenvalue weighted by molar-refractivity contribution is -0.244. The minimum Gasteiger partial charge on any atom is -0.370 e. The average Bonchev–Trinajstić information content (AvgIpc) is 2.59. The summed E-state index contributed by atoms with van der Waals surface area (Å²) in [5, 5.41) is 0. The van der Waals surface area contributed by atoms with Crippen molar-refractivity contribution in [2.75, 3.05) is 14.2 Å². The first-order valence-electron chi connectivity index (χ1n) is 4.35. The van der Waals surface area contributed by atoms with Crippen LogP contribution in [0.15, 0.2) is 12.2 Å². The molecular weight excluding hydrogens is 186 g/mol. The van der Waals surface area contributed by atoms with Gasteiger partial charge in [-0.2, -0.15) is 0 Å². The molecule has 5 heteroatoms. The fourth-order valence-electron chi connectivity index (χ4n) is 1.28. The summed E-state index contributed by atoms with van der Waals surface area (Å²) >= 11 is 0. The maximum absolute atomic E-state index is 10.6. The van der Waals surface area contributed by atoms with Crippen molar-refractivity contribution in [1.29, 1.82) is 0 Å². The molecule has 14 heavy (non-hydrogen) atoms. The summed E-state index contributed by atoms with van der Waals surface area (Å²) in [6.45, 7) is 0. The fraction of sp³-hybridized carbons (Fsp3) is 0.667. The monoisotopic (exact) mass is 201 g/mol. The topological polar surface area (TPSA) is 70.8 Å². The summed E-state index contributed by atoms with van der Waals surface area (Å²) in [4.78, 5) is 10.6. The Balaban J connectivity index is 2.52. The van der Waals surface area contributed by atoms with Crippen LogP contribution in [0.4, 0.5) is 0 Å². The predicted molar refractivity (Wildman–Crippen MR) is 49.2 cm³/mol. The number of hydrogen-bond donors (Lipinski definition) is 1. The van der Waals surface area contributed by atoms with Gasteiger partial charge < -0.3 is 19.9 Å². The Morgan fingerprint density at radius 2 is 2.36 bits per heavy atom. The van der Waals surface area contributed by atoms with E-state index in [1.807, 2.05) is 0 Å². The Morgan fingerprint density at radius 1 is 1.64 bits per heavy atom. The van der Waals surface area contributed by atoms with Crippen molar-refractivity contribution >= 4 is 5.91 Å². The van der Waals surface area contributed by atoms with E-state index in [0.29, 0.717) is 6.42 Å². The van der Waals surface area contributed by atoms with Gasteiger partial charge in [-0.3, -0.25) is 4.79 Å². The molecule has 1 heterocycles. The van der Waals surface area contributed by atoms with Gasteiger partial charge in [0.05, 0.1) is 0 Å². The molecule has 2 unspecified atom stereocenters. The van der Waals surface area contributed by atoms with Gasteiger partial charge in [-0.15, -0.1) is 0 Å². The van der Waals surface area contributed by atoms with Crippen molar-refractivity contribution in [2.24, 2.45) is 5.73 Å². The molecule has 1 amide bonds. The van der Waals surface area contributed by atoms with Crippen LogP contribution in [0.25, 0.3) is 0 Å². The standard InChI is InChI=1S/C9H15NO4/c1-12-8-4-6-9(13-2,14-8)5-3-7(10)11/h4,6,8H,3,5H2,1-2H3,(H2,10,11). The molecule has 1 aliphatic heterocycles. The highest BCUT2D eigenvalue weighted by molar-refractivity contribution is 5.73. The van der Waals surface area contributed by atoms with Gasteiger partial charge in [-0.25, -0.2) is 0 Å². The normalized spacial score (nSPS) is 30.9. The number of carbonyl (C=O) groups is 1. The zero-order valence-electron chi connectivity index (χ0n) is 8.36. The Morgan fingerprint density at radius 3 is 2.79 bits per heavy atom. The molecular formula is C9H15NO4. The molecule has 0 spiro atoms. The van der Waals surface area contributed by atoms with E-state index >= 15 is 0 Å². The van der Waals surface area contributed by atoms with E-state index in [0.717, 1.165) is 0 Å². The summed E-state index contributed by atoms with van der Waals surface area (Å²) in [7, 11) is 3.05. The second-order valence-electron chi connectivity index (χ2n) is 3.06. The lowest BCUT2D eigenvalue weighted by Crippen LogP contribution is -2.33. The Labute approximate surface area is 82.8 Å². The molecule has 2 N–H and O–H groups in total. The van der Waals surface area contributed by atoms with E-state index in [1.54, 1.807) is 12.2 Å². The maximum Gasteiger partial charge on any atom is 0.217 e.